The molecule has 160 valence electrons. The Balaban J connectivity index is 1.50. The van der Waals surface area contributed by atoms with Crippen LogP contribution in [0.5, 0.6) is 0 Å². The molecule has 2 saturated heterocycles. The predicted molar refractivity (Wildman–Crippen MR) is 124 cm³/mol. The molecular weight excluding hydrogens is 419 g/mol. The predicted octanol–water partition coefficient (Wildman–Crippen LogP) is 4.78. The van der Waals surface area contributed by atoms with E-state index in [1.807, 2.05) is 19.1 Å². The second-order valence-corrected chi connectivity index (χ2v) is 9.20. The molecule has 3 N–H and O–H groups in total. The average Bonchev–Trinajstić information content (AvgIpc) is 2.67. The van der Waals surface area contributed by atoms with E-state index >= 15 is 0 Å². The van der Waals surface area contributed by atoms with Crippen molar-refractivity contribution in [1.82, 2.24) is 15.3 Å². The van der Waals surface area contributed by atoms with Crippen molar-refractivity contribution in [3.05, 3.63) is 45.7 Å². The van der Waals surface area contributed by atoms with Crippen molar-refractivity contribution < 1.29 is 0 Å². The fourth-order valence-corrected chi connectivity index (χ4v) is 4.89. The van der Waals surface area contributed by atoms with Gasteiger partial charge in [0, 0.05) is 23.1 Å². The first-order valence-electron chi connectivity index (χ1n) is 10.5. The van der Waals surface area contributed by atoms with Crippen LogP contribution in [-0.4, -0.2) is 41.9 Å². The number of aromatic nitrogens is 2. The molecule has 4 rings (SSSR count). The van der Waals surface area contributed by atoms with E-state index < -0.39 is 0 Å². The molecule has 2 aliphatic rings. The molecule has 0 aliphatic carbocycles. The normalized spacial score (nSPS) is 20.5. The van der Waals surface area contributed by atoms with E-state index in [9.17, 15) is 0 Å². The number of anilines is 2. The van der Waals surface area contributed by atoms with Gasteiger partial charge in [0.1, 0.15) is 11.5 Å². The molecule has 3 heterocycles. The van der Waals surface area contributed by atoms with Gasteiger partial charge >= 0.3 is 0 Å². The molecule has 2 aliphatic heterocycles. The van der Waals surface area contributed by atoms with Crippen LogP contribution in [0.2, 0.25) is 10.0 Å². The molecule has 1 aromatic carbocycles. The molecule has 0 spiro atoms. The lowest BCUT2D eigenvalue weighted by atomic mass is 9.81. The fourth-order valence-electron chi connectivity index (χ4n) is 4.32. The average molecular weight is 447 g/mol. The lowest BCUT2D eigenvalue weighted by Crippen LogP contribution is -2.53. The molecule has 0 amide bonds. The lowest BCUT2D eigenvalue weighted by molar-refractivity contribution is 0.223. The quantitative estimate of drug-likeness (QED) is 0.556. The number of halogens is 2. The lowest BCUT2D eigenvalue weighted by Gasteiger charge is -2.45. The highest BCUT2D eigenvalue weighted by Gasteiger charge is 2.35. The number of rotatable bonds is 6. The van der Waals surface area contributed by atoms with Crippen molar-refractivity contribution in [3.8, 4) is 0 Å². The maximum Gasteiger partial charge on any atom is 0.156 e. The van der Waals surface area contributed by atoms with Crippen LogP contribution in [0.25, 0.3) is 0 Å². The Labute approximate surface area is 187 Å². The first kappa shape index (κ1) is 21.3. The SMILES string of the molecule is CC(=N)c1ncc(N2CC(C3CCCNC3)C2)nc1NC(C)c1ccc(Cl)cc1Cl. The molecule has 2 fully saturated rings. The van der Waals surface area contributed by atoms with Crippen LogP contribution in [0.1, 0.15) is 44.0 Å². The number of nitrogens with one attached hydrogen (secondary N) is 3. The van der Waals surface area contributed by atoms with Crippen molar-refractivity contribution in [2.24, 2.45) is 11.8 Å². The van der Waals surface area contributed by atoms with E-state index in [1.54, 1.807) is 19.2 Å². The molecule has 2 unspecified atom stereocenters. The Morgan fingerprint density at radius 3 is 2.77 bits per heavy atom. The molecule has 0 bridgehead atoms. The van der Waals surface area contributed by atoms with Crippen molar-refractivity contribution in [3.63, 3.8) is 0 Å². The number of hydrogen-bond acceptors (Lipinski definition) is 6. The Morgan fingerprint density at radius 1 is 1.30 bits per heavy atom. The second-order valence-electron chi connectivity index (χ2n) is 8.35. The van der Waals surface area contributed by atoms with Gasteiger partial charge in [-0.15, -0.1) is 0 Å². The summed E-state index contributed by atoms with van der Waals surface area (Å²) in [6.45, 7) is 8.05. The third kappa shape index (κ3) is 4.56. The Bertz CT molecular complexity index is 922. The van der Waals surface area contributed by atoms with Gasteiger partial charge in [-0.1, -0.05) is 29.3 Å². The maximum atomic E-state index is 8.09. The number of nitrogens with zero attached hydrogens (tertiary/aromatic N) is 3. The third-order valence-electron chi connectivity index (χ3n) is 6.13. The van der Waals surface area contributed by atoms with Gasteiger partial charge in [-0.05, 0) is 69.3 Å². The minimum absolute atomic E-state index is 0.102. The largest absolute Gasteiger partial charge is 0.362 e. The Kier molecular flexibility index (Phi) is 6.46. The van der Waals surface area contributed by atoms with E-state index in [-0.39, 0.29) is 6.04 Å². The topological polar surface area (TPSA) is 76.9 Å². The van der Waals surface area contributed by atoms with E-state index in [4.69, 9.17) is 33.6 Å². The van der Waals surface area contributed by atoms with Crippen molar-refractivity contribution in [2.75, 3.05) is 36.4 Å². The molecule has 2 atom stereocenters. The number of piperidine rings is 1. The van der Waals surface area contributed by atoms with Gasteiger partial charge in [-0.3, -0.25) is 0 Å². The van der Waals surface area contributed by atoms with E-state index in [2.05, 4.69) is 20.5 Å². The highest BCUT2D eigenvalue weighted by molar-refractivity contribution is 6.35. The molecule has 2 aromatic rings. The van der Waals surface area contributed by atoms with Crippen LogP contribution in [0, 0.1) is 17.2 Å². The number of hydrogen-bond donors (Lipinski definition) is 3. The zero-order valence-electron chi connectivity index (χ0n) is 17.4. The molecule has 0 radical (unpaired) electrons. The summed E-state index contributed by atoms with van der Waals surface area (Å²) in [6.07, 6.45) is 4.37. The maximum absolute atomic E-state index is 8.09. The van der Waals surface area contributed by atoms with Crippen LogP contribution in [0.3, 0.4) is 0 Å². The van der Waals surface area contributed by atoms with Gasteiger partial charge in [0.15, 0.2) is 5.82 Å². The summed E-state index contributed by atoms with van der Waals surface area (Å²) in [7, 11) is 0. The molecular formula is C22H28Cl2N6. The Morgan fingerprint density at radius 2 is 2.10 bits per heavy atom. The van der Waals surface area contributed by atoms with Crippen molar-refractivity contribution in [2.45, 2.75) is 32.7 Å². The van der Waals surface area contributed by atoms with Gasteiger partial charge in [-0.2, -0.15) is 0 Å². The monoisotopic (exact) mass is 446 g/mol. The second kappa shape index (κ2) is 9.08. The smallest absolute Gasteiger partial charge is 0.156 e. The summed E-state index contributed by atoms with van der Waals surface area (Å²) < 4.78 is 0. The highest BCUT2D eigenvalue weighted by Crippen LogP contribution is 2.33. The van der Waals surface area contributed by atoms with Crippen LogP contribution in [0.4, 0.5) is 11.6 Å². The standard InChI is InChI=1S/C22H28Cl2N6/c1-13(25)21-22(28-14(2)18-6-5-17(23)8-19(18)24)29-20(10-27-21)30-11-16(12-30)15-4-3-7-26-9-15/h5-6,8,10,14-16,25-26H,3-4,7,9,11-12H2,1-2H3,(H,28,29). The van der Waals surface area contributed by atoms with E-state index in [0.717, 1.165) is 43.5 Å². The van der Waals surface area contributed by atoms with Crippen LogP contribution < -0.4 is 15.5 Å². The number of benzene rings is 1. The summed E-state index contributed by atoms with van der Waals surface area (Å²) in [5, 5.41) is 16.2. The summed E-state index contributed by atoms with van der Waals surface area (Å²) in [5.41, 5.74) is 1.86. The molecule has 8 heteroatoms. The zero-order chi connectivity index (χ0) is 21.3. The minimum Gasteiger partial charge on any atom is -0.362 e. The van der Waals surface area contributed by atoms with Crippen LogP contribution in [0.15, 0.2) is 24.4 Å². The molecule has 6 nitrogen and oxygen atoms in total. The first-order chi connectivity index (χ1) is 14.4. The summed E-state index contributed by atoms with van der Waals surface area (Å²) in [4.78, 5) is 11.7. The Hall–Kier alpha value is -1.89. The van der Waals surface area contributed by atoms with E-state index in [0.29, 0.717) is 33.2 Å². The van der Waals surface area contributed by atoms with Gasteiger partial charge in [0.05, 0.1) is 18.0 Å². The zero-order valence-corrected chi connectivity index (χ0v) is 18.9. The van der Waals surface area contributed by atoms with Gasteiger partial charge in [0.25, 0.3) is 0 Å². The summed E-state index contributed by atoms with van der Waals surface area (Å²) in [5.74, 6) is 2.95. The van der Waals surface area contributed by atoms with Gasteiger partial charge < -0.3 is 20.9 Å². The molecule has 0 saturated carbocycles. The first-order valence-corrected chi connectivity index (χ1v) is 11.3. The van der Waals surface area contributed by atoms with E-state index in [1.165, 1.54) is 12.8 Å². The summed E-state index contributed by atoms with van der Waals surface area (Å²) in [6, 6.07) is 5.37. The fraction of sp³-hybridized carbons (Fsp3) is 0.500. The highest BCUT2D eigenvalue weighted by atomic mass is 35.5. The third-order valence-corrected chi connectivity index (χ3v) is 6.70. The van der Waals surface area contributed by atoms with Crippen LogP contribution >= 0.6 is 23.2 Å². The minimum atomic E-state index is -0.102. The molecule has 1 aromatic heterocycles. The summed E-state index contributed by atoms with van der Waals surface area (Å²) >= 11 is 12.4. The molecule has 30 heavy (non-hydrogen) atoms. The van der Waals surface area contributed by atoms with Gasteiger partial charge in [-0.25, -0.2) is 9.97 Å². The van der Waals surface area contributed by atoms with Gasteiger partial charge in [0.2, 0.25) is 0 Å². The van der Waals surface area contributed by atoms with Crippen LogP contribution in [-0.2, 0) is 0 Å². The van der Waals surface area contributed by atoms with Crippen molar-refractivity contribution in [1.29, 1.82) is 5.41 Å². The van der Waals surface area contributed by atoms with Crippen molar-refractivity contribution >= 4 is 40.5 Å².